The first-order chi connectivity index (χ1) is 9.09. The van der Waals surface area contributed by atoms with Crippen molar-refractivity contribution in [2.24, 2.45) is 0 Å². The summed E-state index contributed by atoms with van der Waals surface area (Å²) in [4.78, 5) is 22.1. The van der Waals surface area contributed by atoms with Crippen molar-refractivity contribution in [2.75, 3.05) is 13.4 Å². The molecule has 0 amide bonds. The van der Waals surface area contributed by atoms with Gasteiger partial charge in [0.2, 0.25) is 0 Å². The Bertz CT molecular complexity index is 402. The van der Waals surface area contributed by atoms with Crippen molar-refractivity contribution in [2.45, 2.75) is 26.4 Å². The number of hydrogen-bond donors (Lipinski definition) is 0. The van der Waals surface area contributed by atoms with Gasteiger partial charge in [0.05, 0.1) is 18.3 Å². The van der Waals surface area contributed by atoms with Crippen LogP contribution in [-0.2, 0) is 19.0 Å². The lowest BCUT2D eigenvalue weighted by molar-refractivity contribution is -0.157. The van der Waals surface area contributed by atoms with E-state index < -0.39 is 0 Å². The lowest BCUT2D eigenvalue weighted by atomic mass is 10.2. The zero-order chi connectivity index (χ0) is 14.1. The third kappa shape index (κ3) is 6.57. The maximum absolute atomic E-state index is 11.6. The Morgan fingerprint density at radius 2 is 1.84 bits per heavy atom. The molecule has 0 bridgehead atoms. The minimum Gasteiger partial charge on any atom is -0.462 e. The van der Waals surface area contributed by atoms with Gasteiger partial charge in [0.25, 0.3) is 0 Å². The highest BCUT2D eigenvalue weighted by molar-refractivity contribution is 5.89. The van der Waals surface area contributed by atoms with Crippen molar-refractivity contribution >= 4 is 11.9 Å². The lowest BCUT2D eigenvalue weighted by Crippen LogP contribution is -2.16. The molecule has 5 nitrogen and oxygen atoms in total. The summed E-state index contributed by atoms with van der Waals surface area (Å²) in [7, 11) is 0. The number of benzene rings is 1. The van der Waals surface area contributed by atoms with Crippen molar-refractivity contribution in [3.8, 4) is 0 Å². The van der Waals surface area contributed by atoms with E-state index in [4.69, 9.17) is 9.47 Å². The summed E-state index contributed by atoms with van der Waals surface area (Å²) in [5, 5.41) is 0. The van der Waals surface area contributed by atoms with Crippen LogP contribution in [0.2, 0.25) is 0 Å². The largest absolute Gasteiger partial charge is 0.462 e. The van der Waals surface area contributed by atoms with E-state index in [2.05, 4.69) is 4.74 Å². The van der Waals surface area contributed by atoms with Gasteiger partial charge in [-0.05, 0) is 19.1 Å². The van der Waals surface area contributed by atoms with Crippen LogP contribution in [0, 0.1) is 0 Å². The molecule has 0 N–H and O–H groups in total. The van der Waals surface area contributed by atoms with E-state index in [0.717, 1.165) is 0 Å². The Labute approximate surface area is 112 Å². The average Bonchev–Trinajstić information content (AvgIpc) is 2.39. The Morgan fingerprint density at radius 1 is 1.16 bits per heavy atom. The number of esters is 2. The normalized spacial score (nSPS) is 11.7. The Kier molecular flexibility index (Phi) is 6.60. The molecule has 0 aliphatic rings. The van der Waals surface area contributed by atoms with Gasteiger partial charge in [0.1, 0.15) is 0 Å². The number of carbonyl (C=O) groups excluding carboxylic acids is 2. The van der Waals surface area contributed by atoms with Crippen LogP contribution in [0.15, 0.2) is 30.3 Å². The summed E-state index contributed by atoms with van der Waals surface area (Å²) < 4.78 is 14.9. The quantitative estimate of drug-likeness (QED) is 0.559. The van der Waals surface area contributed by atoms with Gasteiger partial charge in [-0.3, -0.25) is 4.79 Å². The molecular formula is C14H18O5. The first kappa shape index (κ1) is 15.2. The zero-order valence-electron chi connectivity index (χ0n) is 11.1. The van der Waals surface area contributed by atoms with Crippen LogP contribution < -0.4 is 0 Å². The second kappa shape index (κ2) is 8.26. The molecule has 5 heteroatoms. The molecule has 1 rings (SSSR count). The molecule has 0 saturated carbocycles. The van der Waals surface area contributed by atoms with Gasteiger partial charge in [0.15, 0.2) is 6.79 Å². The summed E-state index contributed by atoms with van der Waals surface area (Å²) in [5.41, 5.74) is 0.524. The van der Waals surface area contributed by atoms with Crippen LogP contribution in [0.3, 0.4) is 0 Å². The highest BCUT2D eigenvalue weighted by Gasteiger charge is 2.08. The van der Waals surface area contributed by atoms with Crippen molar-refractivity contribution < 1.29 is 23.8 Å². The van der Waals surface area contributed by atoms with Gasteiger partial charge in [-0.15, -0.1) is 0 Å². The molecular weight excluding hydrogens is 248 g/mol. The molecule has 1 atom stereocenters. The predicted molar refractivity (Wildman–Crippen MR) is 68.5 cm³/mol. The highest BCUT2D eigenvalue weighted by Crippen LogP contribution is 2.03. The maximum atomic E-state index is 11.6. The minimum absolute atomic E-state index is 0.0802. The number of ether oxygens (including phenoxy) is 3. The Hall–Kier alpha value is -1.88. The highest BCUT2D eigenvalue weighted by atomic mass is 16.7. The second-order valence-electron chi connectivity index (χ2n) is 4.02. The molecule has 1 aromatic rings. The fraction of sp³-hybridized carbons (Fsp3) is 0.429. The van der Waals surface area contributed by atoms with Crippen molar-refractivity contribution in [3.63, 3.8) is 0 Å². The van der Waals surface area contributed by atoms with Gasteiger partial charge in [-0.2, -0.15) is 0 Å². The molecule has 0 aliphatic carbocycles. The fourth-order valence-corrected chi connectivity index (χ4v) is 1.29. The van der Waals surface area contributed by atoms with Gasteiger partial charge in [0, 0.05) is 13.3 Å². The topological polar surface area (TPSA) is 61.8 Å². The van der Waals surface area contributed by atoms with Crippen molar-refractivity contribution in [1.29, 1.82) is 0 Å². The molecule has 0 heterocycles. The van der Waals surface area contributed by atoms with Crippen LogP contribution >= 0.6 is 0 Å². The molecule has 0 aliphatic heterocycles. The summed E-state index contributed by atoms with van der Waals surface area (Å²) in [6.07, 6.45) is 0.391. The fourth-order valence-electron chi connectivity index (χ4n) is 1.29. The SMILES string of the molecule is CC(=O)OCOC(C)CCOC(=O)c1ccccc1. The van der Waals surface area contributed by atoms with Gasteiger partial charge in [-0.1, -0.05) is 18.2 Å². The van der Waals surface area contributed by atoms with E-state index in [9.17, 15) is 9.59 Å². The number of hydrogen-bond acceptors (Lipinski definition) is 5. The first-order valence-corrected chi connectivity index (χ1v) is 6.06. The lowest BCUT2D eigenvalue weighted by Gasteiger charge is -2.12. The molecule has 0 radical (unpaired) electrons. The Balaban J connectivity index is 2.16. The van der Waals surface area contributed by atoms with Gasteiger partial charge < -0.3 is 14.2 Å². The van der Waals surface area contributed by atoms with Crippen molar-refractivity contribution in [1.82, 2.24) is 0 Å². The van der Waals surface area contributed by atoms with Gasteiger partial charge >= 0.3 is 11.9 Å². The van der Waals surface area contributed by atoms with Crippen LogP contribution in [-0.4, -0.2) is 31.4 Å². The molecule has 19 heavy (non-hydrogen) atoms. The van der Waals surface area contributed by atoms with Crippen molar-refractivity contribution in [3.05, 3.63) is 35.9 Å². The number of rotatable bonds is 7. The first-order valence-electron chi connectivity index (χ1n) is 6.06. The summed E-state index contributed by atoms with van der Waals surface area (Å²) in [5.74, 6) is -0.740. The van der Waals surface area contributed by atoms with Crippen LogP contribution in [0.5, 0.6) is 0 Å². The molecule has 0 aromatic heterocycles. The van der Waals surface area contributed by atoms with E-state index in [1.54, 1.807) is 24.3 Å². The standard InChI is InChI=1S/C14H18O5/c1-11(18-10-19-12(2)15)8-9-17-14(16)13-6-4-3-5-7-13/h3-7,11H,8-10H2,1-2H3. The molecule has 0 spiro atoms. The predicted octanol–water partition coefficient (Wildman–Crippen LogP) is 2.16. The van der Waals surface area contributed by atoms with E-state index in [-0.39, 0.29) is 31.4 Å². The van der Waals surface area contributed by atoms with E-state index in [1.807, 2.05) is 13.0 Å². The van der Waals surface area contributed by atoms with Crippen LogP contribution in [0.25, 0.3) is 0 Å². The zero-order valence-corrected chi connectivity index (χ0v) is 11.1. The smallest absolute Gasteiger partial charge is 0.338 e. The third-order valence-electron chi connectivity index (χ3n) is 2.38. The van der Waals surface area contributed by atoms with Gasteiger partial charge in [-0.25, -0.2) is 4.79 Å². The third-order valence-corrected chi connectivity index (χ3v) is 2.38. The summed E-state index contributed by atoms with van der Waals surface area (Å²) in [6.45, 7) is 3.31. The maximum Gasteiger partial charge on any atom is 0.338 e. The van der Waals surface area contributed by atoms with E-state index in [1.165, 1.54) is 6.92 Å². The van der Waals surface area contributed by atoms with E-state index in [0.29, 0.717) is 12.0 Å². The molecule has 104 valence electrons. The summed E-state index contributed by atoms with van der Waals surface area (Å²) in [6, 6.07) is 8.79. The molecule has 1 aromatic carbocycles. The van der Waals surface area contributed by atoms with Crippen LogP contribution in [0.1, 0.15) is 30.6 Å². The monoisotopic (exact) mass is 266 g/mol. The molecule has 1 unspecified atom stereocenters. The minimum atomic E-state index is -0.386. The molecule has 0 saturated heterocycles. The second-order valence-corrected chi connectivity index (χ2v) is 4.02. The Morgan fingerprint density at radius 3 is 2.47 bits per heavy atom. The summed E-state index contributed by atoms with van der Waals surface area (Å²) >= 11 is 0. The number of carbonyl (C=O) groups is 2. The average molecular weight is 266 g/mol. The molecule has 0 fully saturated rings. The van der Waals surface area contributed by atoms with Crippen LogP contribution in [0.4, 0.5) is 0 Å². The van der Waals surface area contributed by atoms with E-state index >= 15 is 0 Å².